The number of aromatic nitrogens is 2. The molecule has 1 saturated heterocycles. The van der Waals surface area contributed by atoms with E-state index in [9.17, 15) is 4.79 Å². The summed E-state index contributed by atoms with van der Waals surface area (Å²) in [4.78, 5) is 25.0. The van der Waals surface area contributed by atoms with Gasteiger partial charge in [-0.3, -0.25) is 0 Å². The summed E-state index contributed by atoms with van der Waals surface area (Å²) in [7, 11) is 1.94. The maximum absolute atomic E-state index is 12.2. The summed E-state index contributed by atoms with van der Waals surface area (Å²) in [6, 6.07) is 7.76. The third-order valence-electron chi connectivity index (χ3n) is 4.21. The fourth-order valence-electron chi connectivity index (χ4n) is 2.92. The van der Waals surface area contributed by atoms with Crippen molar-refractivity contribution in [3.05, 3.63) is 29.4 Å². The summed E-state index contributed by atoms with van der Waals surface area (Å²) < 4.78 is 5.45. The third-order valence-corrected chi connectivity index (χ3v) is 4.46. The van der Waals surface area contributed by atoms with Crippen molar-refractivity contribution in [2.75, 3.05) is 25.0 Å². The van der Waals surface area contributed by atoms with E-state index < -0.39 is 5.60 Å². The van der Waals surface area contributed by atoms with Crippen LogP contribution in [0, 0.1) is 0 Å². The largest absolute Gasteiger partial charge is 0.444 e. The molecule has 0 saturated carbocycles. The molecule has 0 radical (unpaired) electrons. The highest BCUT2D eigenvalue weighted by Crippen LogP contribution is 2.28. The van der Waals surface area contributed by atoms with Crippen LogP contribution >= 0.6 is 11.6 Å². The van der Waals surface area contributed by atoms with Crippen molar-refractivity contribution < 1.29 is 9.53 Å². The molecule has 134 valence electrons. The van der Waals surface area contributed by atoms with Crippen molar-refractivity contribution in [1.29, 1.82) is 0 Å². The number of hydrogen-bond donors (Lipinski definition) is 0. The molecule has 1 fully saturated rings. The molecule has 1 aliphatic rings. The number of nitrogens with zero attached hydrogens (tertiary/aromatic N) is 4. The lowest BCUT2D eigenvalue weighted by Gasteiger charge is -2.27. The predicted molar refractivity (Wildman–Crippen MR) is 99.2 cm³/mol. The Labute approximate surface area is 152 Å². The number of para-hydroxylation sites is 2. The maximum Gasteiger partial charge on any atom is 0.410 e. The Balaban J connectivity index is 1.75. The summed E-state index contributed by atoms with van der Waals surface area (Å²) in [6.45, 7) is 6.85. The number of carbonyl (C=O) groups excluding carboxylic acids is 1. The van der Waals surface area contributed by atoms with Gasteiger partial charge in [0.15, 0.2) is 11.0 Å². The van der Waals surface area contributed by atoms with Crippen LogP contribution in [0.25, 0.3) is 11.0 Å². The van der Waals surface area contributed by atoms with Crippen molar-refractivity contribution in [1.82, 2.24) is 14.9 Å². The van der Waals surface area contributed by atoms with Crippen LogP contribution < -0.4 is 4.90 Å². The van der Waals surface area contributed by atoms with Gasteiger partial charge in [-0.1, -0.05) is 23.7 Å². The fraction of sp³-hybridized carbons (Fsp3) is 0.500. The normalized spacial score (nSPS) is 17.8. The number of anilines is 1. The van der Waals surface area contributed by atoms with Gasteiger partial charge in [-0.2, -0.15) is 0 Å². The number of likely N-dealkylation sites (tertiary alicyclic amines) is 1. The Hall–Kier alpha value is -2.08. The topological polar surface area (TPSA) is 58.6 Å². The number of amides is 1. The summed E-state index contributed by atoms with van der Waals surface area (Å²) in [6.07, 6.45) is 0.555. The molecule has 1 aliphatic heterocycles. The lowest BCUT2D eigenvalue weighted by atomic mass is 10.2. The van der Waals surface area contributed by atoms with Crippen LogP contribution in [0.4, 0.5) is 10.6 Å². The first kappa shape index (κ1) is 17.7. The Morgan fingerprint density at radius 2 is 1.92 bits per heavy atom. The second kappa shape index (κ2) is 6.67. The van der Waals surface area contributed by atoms with E-state index in [4.69, 9.17) is 16.3 Å². The first-order chi connectivity index (χ1) is 11.7. The van der Waals surface area contributed by atoms with E-state index in [1.54, 1.807) is 4.90 Å². The van der Waals surface area contributed by atoms with Crippen LogP contribution in [-0.2, 0) is 4.74 Å². The van der Waals surface area contributed by atoms with Gasteiger partial charge in [0.05, 0.1) is 11.0 Å². The minimum atomic E-state index is -0.492. The first-order valence-electron chi connectivity index (χ1n) is 8.37. The number of halogens is 1. The Kier molecular flexibility index (Phi) is 4.73. The highest BCUT2D eigenvalue weighted by Gasteiger charge is 2.33. The van der Waals surface area contributed by atoms with Gasteiger partial charge < -0.3 is 14.5 Å². The molecule has 2 heterocycles. The van der Waals surface area contributed by atoms with E-state index in [0.29, 0.717) is 24.1 Å². The van der Waals surface area contributed by atoms with Gasteiger partial charge in [0.25, 0.3) is 0 Å². The summed E-state index contributed by atoms with van der Waals surface area (Å²) in [5.41, 5.74) is 1.08. The van der Waals surface area contributed by atoms with E-state index >= 15 is 0 Å². The lowest BCUT2D eigenvalue weighted by Crippen LogP contribution is -2.39. The molecule has 25 heavy (non-hydrogen) atoms. The Bertz CT molecular complexity index is 790. The van der Waals surface area contributed by atoms with Crippen molar-refractivity contribution >= 4 is 34.5 Å². The van der Waals surface area contributed by atoms with E-state index in [1.165, 1.54) is 0 Å². The molecule has 1 aromatic carbocycles. The SMILES string of the molecule is CN(c1nc2ccccc2nc1Cl)[C@H]1CCN(C(=O)OC(C)(C)C)C1. The van der Waals surface area contributed by atoms with Crippen LogP contribution in [0.2, 0.25) is 5.15 Å². The van der Waals surface area contributed by atoms with Crippen LogP contribution in [0.3, 0.4) is 0 Å². The number of benzene rings is 1. The number of ether oxygens (including phenoxy) is 1. The molecule has 0 aliphatic carbocycles. The first-order valence-corrected chi connectivity index (χ1v) is 8.75. The molecule has 0 unspecified atom stereocenters. The smallest absolute Gasteiger partial charge is 0.410 e. The monoisotopic (exact) mass is 362 g/mol. The third kappa shape index (κ3) is 3.95. The number of hydrogen-bond acceptors (Lipinski definition) is 5. The van der Waals surface area contributed by atoms with Gasteiger partial charge in [-0.25, -0.2) is 14.8 Å². The number of carbonyl (C=O) groups is 1. The van der Waals surface area contributed by atoms with Crippen LogP contribution in [0.15, 0.2) is 24.3 Å². The van der Waals surface area contributed by atoms with Crippen LogP contribution in [-0.4, -0.2) is 52.7 Å². The molecular formula is C18H23ClN4O2. The Morgan fingerprint density at radius 3 is 2.56 bits per heavy atom. The van der Waals surface area contributed by atoms with Crippen molar-refractivity contribution in [3.63, 3.8) is 0 Å². The minimum Gasteiger partial charge on any atom is -0.444 e. The lowest BCUT2D eigenvalue weighted by molar-refractivity contribution is 0.0292. The molecule has 1 atom stereocenters. The highest BCUT2D eigenvalue weighted by atomic mass is 35.5. The molecule has 0 bridgehead atoms. The number of rotatable bonds is 2. The minimum absolute atomic E-state index is 0.125. The van der Waals surface area contributed by atoms with Crippen LogP contribution in [0.5, 0.6) is 0 Å². The second-order valence-corrected chi connectivity index (χ2v) is 7.66. The average Bonchev–Trinajstić information content (AvgIpc) is 3.02. The molecule has 3 rings (SSSR count). The van der Waals surface area contributed by atoms with Gasteiger partial charge >= 0.3 is 6.09 Å². The van der Waals surface area contributed by atoms with Crippen molar-refractivity contribution in [3.8, 4) is 0 Å². The summed E-state index contributed by atoms with van der Waals surface area (Å²) in [5.74, 6) is 0.636. The standard InChI is InChI=1S/C18H23ClN4O2/c1-18(2,3)25-17(24)23-10-9-12(11-23)22(4)16-15(19)20-13-7-5-6-8-14(13)21-16/h5-8,12H,9-11H2,1-4H3/t12-/m0/s1. The Morgan fingerprint density at radius 1 is 1.28 bits per heavy atom. The summed E-state index contributed by atoms with van der Waals surface area (Å²) in [5, 5.41) is 0.372. The molecule has 2 aromatic rings. The van der Waals surface area contributed by atoms with E-state index in [-0.39, 0.29) is 12.1 Å². The van der Waals surface area contributed by atoms with Crippen LogP contribution in [0.1, 0.15) is 27.2 Å². The van der Waals surface area contributed by atoms with Gasteiger partial charge in [0.2, 0.25) is 0 Å². The zero-order valence-electron chi connectivity index (χ0n) is 15.0. The summed E-state index contributed by atoms with van der Waals surface area (Å²) >= 11 is 6.34. The van der Waals surface area contributed by atoms with Crippen molar-refractivity contribution in [2.45, 2.75) is 38.8 Å². The molecule has 0 spiro atoms. The zero-order chi connectivity index (χ0) is 18.2. The number of likely N-dealkylation sites (N-methyl/N-ethyl adjacent to an activating group) is 1. The van der Waals surface area contributed by atoms with Gasteiger partial charge in [-0.15, -0.1) is 0 Å². The molecule has 1 aromatic heterocycles. The quantitative estimate of drug-likeness (QED) is 0.814. The van der Waals surface area contributed by atoms with Gasteiger partial charge in [-0.05, 0) is 39.3 Å². The van der Waals surface area contributed by atoms with E-state index in [2.05, 4.69) is 9.97 Å². The predicted octanol–water partition coefficient (Wildman–Crippen LogP) is 3.73. The van der Waals surface area contributed by atoms with E-state index in [0.717, 1.165) is 17.5 Å². The molecule has 6 nitrogen and oxygen atoms in total. The average molecular weight is 363 g/mol. The van der Waals surface area contributed by atoms with E-state index in [1.807, 2.05) is 57.0 Å². The second-order valence-electron chi connectivity index (χ2n) is 7.31. The maximum atomic E-state index is 12.2. The van der Waals surface area contributed by atoms with Gasteiger partial charge in [0, 0.05) is 26.2 Å². The molecule has 1 amide bonds. The number of fused-ring (bicyclic) bond motifs is 1. The molecular weight excluding hydrogens is 340 g/mol. The molecule has 0 N–H and O–H groups in total. The van der Waals surface area contributed by atoms with Crippen molar-refractivity contribution in [2.24, 2.45) is 0 Å². The highest BCUT2D eigenvalue weighted by molar-refractivity contribution is 6.32. The zero-order valence-corrected chi connectivity index (χ0v) is 15.7. The molecule has 7 heteroatoms. The fourth-order valence-corrected chi connectivity index (χ4v) is 3.18. The van der Waals surface area contributed by atoms with Gasteiger partial charge in [0.1, 0.15) is 5.60 Å².